The van der Waals surface area contributed by atoms with E-state index >= 15 is 0 Å². The largest absolute Gasteiger partial charge is 0.352 e. The van der Waals surface area contributed by atoms with Gasteiger partial charge in [0.05, 0.1) is 12.1 Å². The van der Waals surface area contributed by atoms with Crippen molar-refractivity contribution in [2.45, 2.75) is 45.2 Å². The molecule has 0 N–H and O–H groups in total. The molecule has 5 rings (SSSR count). The molecule has 3 aliphatic rings. The fourth-order valence-corrected chi connectivity index (χ4v) is 3.57. The van der Waals surface area contributed by atoms with Crippen molar-refractivity contribution in [1.29, 1.82) is 0 Å². The highest BCUT2D eigenvalue weighted by Gasteiger charge is 2.45. The predicted molar refractivity (Wildman–Crippen MR) is 89.8 cm³/mol. The fourth-order valence-electron chi connectivity index (χ4n) is 3.57. The van der Waals surface area contributed by atoms with Crippen LogP contribution < -0.4 is 9.80 Å². The summed E-state index contributed by atoms with van der Waals surface area (Å²) in [5.41, 5.74) is 1.02. The Bertz CT molecular complexity index is 704. The van der Waals surface area contributed by atoms with Gasteiger partial charge in [-0.05, 0) is 19.4 Å². The van der Waals surface area contributed by atoms with Crippen LogP contribution in [0.4, 0.5) is 11.6 Å². The van der Waals surface area contributed by atoms with Crippen molar-refractivity contribution in [3.63, 3.8) is 0 Å². The smallest absolute Gasteiger partial charge is 0.133 e. The lowest BCUT2D eigenvalue weighted by atomic mass is 9.87. The molecule has 3 fully saturated rings. The van der Waals surface area contributed by atoms with Gasteiger partial charge in [0, 0.05) is 37.0 Å². The Labute approximate surface area is 136 Å². The van der Waals surface area contributed by atoms with E-state index in [0.29, 0.717) is 18.0 Å². The Morgan fingerprint density at radius 2 is 1.87 bits per heavy atom. The van der Waals surface area contributed by atoms with Crippen molar-refractivity contribution in [2.24, 2.45) is 0 Å². The minimum Gasteiger partial charge on any atom is -0.352 e. The molecule has 120 valence electrons. The van der Waals surface area contributed by atoms with E-state index in [1.54, 1.807) is 6.33 Å². The zero-order chi connectivity index (χ0) is 16.0. The van der Waals surface area contributed by atoms with Crippen LogP contribution in [0.2, 0.25) is 0 Å². The predicted octanol–water partition coefficient (Wildman–Crippen LogP) is 2.17. The summed E-state index contributed by atoms with van der Waals surface area (Å²) in [5.74, 6) is 3.40. The van der Waals surface area contributed by atoms with Crippen LogP contribution >= 0.6 is 0 Å². The number of rotatable bonds is 3. The number of hydrogen-bond acceptors (Lipinski definition) is 6. The fraction of sp³-hybridized carbons (Fsp3) is 0.529. The van der Waals surface area contributed by atoms with Crippen molar-refractivity contribution in [1.82, 2.24) is 19.9 Å². The molecule has 6 heteroatoms. The van der Waals surface area contributed by atoms with Crippen LogP contribution in [0.1, 0.15) is 37.7 Å². The highest BCUT2D eigenvalue weighted by molar-refractivity contribution is 5.52. The Balaban J connectivity index is 1.53. The summed E-state index contributed by atoms with van der Waals surface area (Å²) < 4.78 is 0. The summed E-state index contributed by atoms with van der Waals surface area (Å²) in [4.78, 5) is 22.6. The van der Waals surface area contributed by atoms with Crippen LogP contribution in [0.3, 0.4) is 0 Å². The third-order valence-corrected chi connectivity index (χ3v) is 4.75. The van der Waals surface area contributed by atoms with E-state index in [4.69, 9.17) is 4.98 Å². The molecule has 0 aliphatic carbocycles. The molecule has 23 heavy (non-hydrogen) atoms. The molecular weight excluding hydrogens is 288 g/mol. The number of aromatic nitrogens is 4. The second-order valence-corrected chi connectivity index (χ2v) is 6.80. The standard InChI is InChI=1S/C17H22N6/c1-11(2)17-18-5-4-15(21-17)23-13-7-14(23)9-22(8-13)16-6-12(3)19-10-20-16/h4-6,10-11,13-14H,7-9H2,1-3H3. The first-order valence-electron chi connectivity index (χ1n) is 8.26. The van der Waals surface area contributed by atoms with Crippen molar-refractivity contribution in [3.05, 3.63) is 36.2 Å². The van der Waals surface area contributed by atoms with Gasteiger partial charge in [-0.25, -0.2) is 19.9 Å². The highest BCUT2D eigenvalue weighted by Crippen LogP contribution is 2.37. The SMILES string of the molecule is Cc1cc(N2CC3CC(C2)N3c2ccnc(C(C)C)n2)ncn1. The second kappa shape index (κ2) is 5.44. The monoisotopic (exact) mass is 310 g/mol. The third-order valence-electron chi connectivity index (χ3n) is 4.75. The number of anilines is 2. The molecule has 3 saturated heterocycles. The second-order valence-electron chi connectivity index (χ2n) is 6.80. The molecule has 2 atom stereocenters. The average molecular weight is 310 g/mol. The zero-order valence-electron chi connectivity index (χ0n) is 13.8. The van der Waals surface area contributed by atoms with Gasteiger partial charge in [0.2, 0.25) is 0 Å². The minimum atomic E-state index is 0.358. The van der Waals surface area contributed by atoms with Gasteiger partial charge < -0.3 is 9.80 Å². The van der Waals surface area contributed by atoms with E-state index in [1.807, 2.05) is 19.2 Å². The van der Waals surface area contributed by atoms with E-state index < -0.39 is 0 Å². The molecule has 5 heterocycles. The van der Waals surface area contributed by atoms with Gasteiger partial charge in [-0.1, -0.05) is 13.8 Å². The van der Waals surface area contributed by atoms with E-state index in [-0.39, 0.29) is 0 Å². The lowest BCUT2D eigenvalue weighted by Gasteiger charge is -2.57. The molecule has 3 aliphatic heterocycles. The summed E-state index contributed by atoms with van der Waals surface area (Å²) in [6.45, 7) is 8.27. The van der Waals surface area contributed by atoms with Crippen LogP contribution in [0.5, 0.6) is 0 Å². The van der Waals surface area contributed by atoms with E-state index in [0.717, 1.165) is 36.2 Å². The molecule has 0 spiro atoms. The lowest BCUT2D eigenvalue weighted by Crippen LogP contribution is -2.69. The summed E-state index contributed by atoms with van der Waals surface area (Å²) in [5, 5.41) is 0. The van der Waals surface area contributed by atoms with Crippen molar-refractivity contribution in [3.8, 4) is 0 Å². The Hall–Kier alpha value is -2.24. The van der Waals surface area contributed by atoms with Crippen molar-refractivity contribution < 1.29 is 0 Å². The van der Waals surface area contributed by atoms with Gasteiger partial charge in [-0.3, -0.25) is 0 Å². The van der Waals surface area contributed by atoms with E-state index in [2.05, 4.69) is 44.7 Å². The molecule has 0 saturated carbocycles. The number of piperazine rings is 1. The van der Waals surface area contributed by atoms with Crippen molar-refractivity contribution >= 4 is 11.6 Å². The Kier molecular flexibility index (Phi) is 3.39. The molecule has 0 radical (unpaired) electrons. The number of nitrogens with zero attached hydrogens (tertiary/aromatic N) is 6. The van der Waals surface area contributed by atoms with Crippen LogP contribution in [0.15, 0.2) is 24.7 Å². The van der Waals surface area contributed by atoms with E-state index in [1.165, 1.54) is 6.42 Å². The first-order chi connectivity index (χ1) is 11.1. The quantitative estimate of drug-likeness (QED) is 0.866. The molecule has 6 nitrogen and oxygen atoms in total. The average Bonchev–Trinajstić information content (AvgIpc) is 2.55. The highest BCUT2D eigenvalue weighted by atomic mass is 15.4. The number of hydrogen-bond donors (Lipinski definition) is 0. The van der Waals surface area contributed by atoms with Gasteiger partial charge in [-0.15, -0.1) is 0 Å². The molecule has 2 unspecified atom stereocenters. The number of fused-ring (bicyclic) bond motifs is 2. The Morgan fingerprint density at radius 3 is 2.57 bits per heavy atom. The molecule has 2 aromatic rings. The maximum atomic E-state index is 4.76. The van der Waals surface area contributed by atoms with Gasteiger partial charge in [0.25, 0.3) is 0 Å². The van der Waals surface area contributed by atoms with Crippen LogP contribution in [0.25, 0.3) is 0 Å². The third kappa shape index (κ3) is 2.52. The first kappa shape index (κ1) is 14.4. The normalized spacial score (nSPS) is 23.1. The minimum absolute atomic E-state index is 0.358. The van der Waals surface area contributed by atoms with Gasteiger partial charge >= 0.3 is 0 Å². The first-order valence-corrected chi connectivity index (χ1v) is 8.26. The maximum Gasteiger partial charge on any atom is 0.133 e. The maximum absolute atomic E-state index is 4.76. The topological polar surface area (TPSA) is 58.0 Å². The van der Waals surface area contributed by atoms with Crippen molar-refractivity contribution in [2.75, 3.05) is 22.9 Å². The molecular formula is C17H22N6. The van der Waals surface area contributed by atoms with Gasteiger partial charge in [0.1, 0.15) is 23.8 Å². The molecule has 0 aromatic carbocycles. The molecule has 0 amide bonds. The molecule has 2 aromatic heterocycles. The summed E-state index contributed by atoms with van der Waals surface area (Å²) in [6, 6.07) is 5.13. The van der Waals surface area contributed by atoms with Crippen LogP contribution in [0, 0.1) is 6.92 Å². The summed E-state index contributed by atoms with van der Waals surface area (Å²) in [6.07, 6.45) is 4.78. The number of piperidine rings is 1. The van der Waals surface area contributed by atoms with Crippen LogP contribution in [-0.2, 0) is 0 Å². The van der Waals surface area contributed by atoms with Gasteiger partial charge in [0.15, 0.2) is 0 Å². The summed E-state index contributed by atoms with van der Waals surface area (Å²) in [7, 11) is 0. The van der Waals surface area contributed by atoms with E-state index in [9.17, 15) is 0 Å². The molecule has 2 bridgehead atoms. The summed E-state index contributed by atoms with van der Waals surface area (Å²) >= 11 is 0. The number of aryl methyl sites for hydroxylation is 1. The van der Waals surface area contributed by atoms with Gasteiger partial charge in [-0.2, -0.15) is 0 Å². The Morgan fingerprint density at radius 1 is 1.09 bits per heavy atom. The zero-order valence-corrected chi connectivity index (χ0v) is 13.8. The lowest BCUT2D eigenvalue weighted by molar-refractivity contribution is 0.287. The van der Waals surface area contributed by atoms with Crippen LogP contribution in [-0.4, -0.2) is 45.1 Å².